The fraction of sp³-hybridized carbons (Fsp3) is 0.333. The number of thiophene rings is 1. The maximum atomic E-state index is 3.62. The molecule has 0 aliphatic carbocycles. The van der Waals surface area contributed by atoms with Crippen LogP contribution in [0.2, 0.25) is 0 Å². The van der Waals surface area contributed by atoms with E-state index in [4.69, 9.17) is 0 Å². The summed E-state index contributed by atoms with van der Waals surface area (Å²) in [5, 5.41) is 3.42. The molecule has 1 unspecified atom stereocenters. The average Bonchev–Trinajstić information content (AvgIpc) is 2.86. The van der Waals surface area contributed by atoms with E-state index in [1.54, 1.807) is 0 Å². The molecule has 0 radical (unpaired) electrons. The molecular weight excluding hydrogens is 306 g/mol. The standard InChI is InChI=1S/C15H18BrNS/c1-3-12-8-9-15(18-12)14(17-2)10-11-6-4-5-7-13(11)16/h4-9,14,17H,3,10H2,1-2H3. The number of aryl methyl sites for hydroxylation is 1. The van der Waals surface area contributed by atoms with Crippen molar-refractivity contribution in [2.45, 2.75) is 25.8 Å². The van der Waals surface area contributed by atoms with E-state index in [2.05, 4.69) is 64.6 Å². The van der Waals surface area contributed by atoms with Crippen LogP contribution >= 0.6 is 27.3 Å². The summed E-state index contributed by atoms with van der Waals surface area (Å²) in [6.45, 7) is 2.21. The van der Waals surface area contributed by atoms with Crippen molar-refractivity contribution in [1.82, 2.24) is 5.32 Å². The smallest absolute Gasteiger partial charge is 0.0453 e. The van der Waals surface area contributed by atoms with Gasteiger partial charge in [-0.25, -0.2) is 0 Å². The zero-order valence-electron chi connectivity index (χ0n) is 10.7. The highest BCUT2D eigenvalue weighted by atomic mass is 79.9. The Bertz CT molecular complexity index is 507. The number of hydrogen-bond donors (Lipinski definition) is 1. The summed E-state index contributed by atoms with van der Waals surface area (Å²) < 4.78 is 1.19. The van der Waals surface area contributed by atoms with Crippen LogP contribution in [0.4, 0.5) is 0 Å². The van der Waals surface area contributed by atoms with Gasteiger partial charge in [0.1, 0.15) is 0 Å². The predicted molar refractivity (Wildman–Crippen MR) is 83.3 cm³/mol. The molecule has 2 rings (SSSR count). The van der Waals surface area contributed by atoms with Crippen molar-refractivity contribution in [2.24, 2.45) is 0 Å². The third-order valence-electron chi connectivity index (χ3n) is 3.10. The molecule has 0 fully saturated rings. The van der Waals surface area contributed by atoms with Gasteiger partial charge in [-0.1, -0.05) is 41.1 Å². The van der Waals surface area contributed by atoms with Crippen LogP contribution in [0.15, 0.2) is 40.9 Å². The molecule has 0 saturated carbocycles. The van der Waals surface area contributed by atoms with Crippen molar-refractivity contribution in [2.75, 3.05) is 7.05 Å². The molecule has 0 bridgehead atoms. The normalized spacial score (nSPS) is 12.6. The van der Waals surface area contributed by atoms with E-state index in [1.165, 1.54) is 19.8 Å². The first-order valence-corrected chi connectivity index (χ1v) is 7.84. The number of halogens is 1. The molecule has 0 saturated heterocycles. The largest absolute Gasteiger partial charge is 0.312 e. The Hall–Kier alpha value is -0.640. The highest BCUT2D eigenvalue weighted by Gasteiger charge is 2.13. The van der Waals surface area contributed by atoms with Crippen LogP contribution in [0.1, 0.15) is 28.3 Å². The van der Waals surface area contributed by atoms with E-state index in [1.807, 2.05) is 18.4 Å². The van der Waals surface area contributed by atoms with Gasteiger partial charge in [-0.2, -0.15) is 0 Å². The monoisotopic (exact) mass is 323 g/mol. The summed E-state index contributed by atoms with van der Waals surface area (Å²) in [4.78, 5) is 2.88. The van der Waals surface area contributed by atoms with E-state index in [-0.39, 0.29) is 0 Å². The molecule has 18 heavy (non-hydrogen) atoms. The maximum absolute atomic E-state index is 3.62. The van der Waals surface area contributed by atoms with Crippen molar-refractivity contribution < 1.29 is 0 Å². The zero-order chi connectivity index (χ0) is 13.0. The lowest BCUT2D eigenvalue weighted by Gasteiger charge is -2.15. The molecule has 1 aromatic carbocycles. The van der Waals surface area contributed by atoms with E-state index in [9.17, 15) is 0 Å². The summed E-state index contributed by atoms with van der Waals surface area (Å²) in [6, 6.07) is 13.3. The Balaban J connectivity index is 2.17. The van der Waals surface area contributed by atoms with Gasteiger partial charge >= 0.3 is 0 Å². The molecule has 1 heterocycles. The fourth-order valence-electron chi connectivity index (χ4n) is 2.00. The van der Waals surface area contributed by atoms with E-state index in [0.29, 0.717) is 6.04 Å². The molecule has 1 atom stereocenters. The van der Waals surface area contributed by atoms with Gasteiger partial charge in [-0.3, -0.25) is 0 Å². The average molecular weight is 324 g/mol. The maximum Gasteiger partial charge on any atom is 0.0453 e. The molecule has 2 aromatic rings. The van der Waals surface area contributed by atoms with Gasteiger partial charge in [0.05, 0.1) is 0 Å². The second kappa shape index (κ2) is 6.50. The molecule has 0 aliphatic rings. The number of likely N-dealkylation sites (N-methyl/N-ethyl adjacent to an activating group) is 1. The molecular formula is C15H18BrNS. The third-order valence-corrected chi connectivity index (χ3v) is 5.22. The second-order valence-corrected chi connectivity index (χ2v) is 6.35. The Morgan fingerprint density at radius 1 is 1.22 bits per heavy atom. The highest BCUT2D eigenvalue weighted by molar-refractivity contribution is 9.10. The summed E-state index contributed by atoms with van der Waals surface area (Å²) in [7, 11) is 2.03. The lowest BCUT2D eigenvalue weighted by molar-refractivity contribution is 0.601. The van der Waals surface area contributed by atoms with Crippen LogP contribution in [-0.2, 0) is 12.8 Å². The minimum absolute atomic E-state index is 0.397. The zero-order valence-corrected chi connectivity index (χ0v) is 13.1. The Morgan fingerprint density at radius 2 is 2.00 bits per heavy atom. The molecule has 3 heteroatoms. The van der Waals surface area contributed by atoms with Crippen LogP contribution < -0.4 is 5.32 Å². The summed E-state index contributed by atoms with van der Waals surface area (Å²) >= 11 is 5.53. The van der Waals surface area contributed by atoms with Gasteiger partial charge in [-0.15, -0.1) is 11.3 Å². The number of rotatable bonds is 5. The first-order valence-electron chi connectivity index (χ1n) is 6.24. The van der Waals surface area contributed by atoms with Gasteiger partial charge in [-0.05, 0) is 43.7 Å². The van der Waals surface area contributed by atoms with E-state index >= 15 is 0 Å². The van der Waals surface area contributed by atoms with Crippen molar-refractivity contribution >= 4 is 27.3 Å². The highest BCUT2D eigenvalue weighted by Crippen LogP contribution is 2.28. The number of nitrogens with one attached hydrogen (secondary N) is 1. The topological polar surface area (TPSA) is 12.0 Å². The quantitative estimate of drug-likeness (QED) is 0.849. The predicted octanol–water partition coefficient (Wildman–Crippen LogP) is 4.58. The molecule has 1 N–H and O–H groups in total. The Labute approximate surface area is 121 Å². The van der Waals surface area contributed by atoms with Gasteiger partial charge in [0.2, 0.25) is 0 Å². The first kappa shape index (κ1) is 13.8. The minimum Gasteiger partial charge on any atom is -0.312 e. The molecule has 0 spiro atoms. The summed E-state index contributed by atoms with van der Waals surface area (Å²) in [5.74, 6) is 0. The van der Waals surface area contributed by atoms with Crippen molar-refractivity contribution in [3.8, 4) is 0 Å². The lowest BCUT2D eigenvalue weighted by atomic mass is 10.0. The van der Waals surface area contributed by atoms with E-state index in [0.717, 1.165) is 12.8 Å². The second-order valence-electron chi connectivity index (χ2n) is 4.29. The molecule has 96 valence electrons. The summed E-state index contributed by atoms with van der Waals surface area (Å²) in [6.07, 6.45) is 2.14. The van der Waals surface area contributed by atoms with Crippen molar-refractivity contribution in [3.05, 3.63) is 56.2 Å². The summed E-state index contributed by atoms with van der Waals surface area (Å²) in [5.41, 5.74) is 1.35. The minimum atomic E-state index is 0.397. The van der Waals surface area contributed by atoms with Crippen molar-refractivity contribution in [1.29, 1.82) is 0 Å². The Morgan fingerprint density at radius 3 is 2.61 bits per heavy atom. The van der Waals surface area contributed by atoms with Crippen LogP contribution in [0.25, 0.3) is 0 Å². The van der Waals surface area contributed by atoms with Gasteiger partial charge in [0.25, 0.3) is 0 Å². The number of hydrogen-bond acceptors (Lipinski definition) is 2. The molecule has 1 aromatic heterocycles. The fourth-order valence-corrected chi connectivity index (χ4v) is 3.51. The van der Waals surface area contributed by atoms with Crippen LogP contribution in [0.5, 0.6) is 0 Å². The Kier molecular flexibility index (Phi) is 4.98. The van der Waals surface area contributed by atoms with Gasteiger partial charge < -0.3 is 5.32 Å². The van der Waals surface area contributed by atoms with Gasteiger partial charge in [0.15, 0.2) is 0 Å². The third kappa shape index (κ3) is 3.22. The lowest BCUT2D eigenvalue weighted by Crippen LogP contribution is -2.17. The van der Waals surface area contributed by atoms with Crippen LogP contribution in [0, 0.1) is 0 Å². The van der Waals surface area contributed by atoms with Crippen LogP contribution in [0.3, 0.4) is 0 Å². The SMILES string of the molecule is CCc1ccc(C(Cc2ccccc2Br)NC)s1. The van der Waals surface area contributed by atoms with Crippen LogP contribution in [-0.4, -0.2) is 7.05 Å². The molecule has 0 amide bonds. The molecule has 1 nitrogen and oxygen atoms in total. The number of benzene rings is 1. The van der Waals surface area contributed by atoms with E-state index < -0.39 is 0 Å². The van der Waals surface area contributed by atoms with Gasteiger partial charge in [0, 0.05) is 20.3 Å². The molecule has 0 aliphatic heterocycles. The first-order chi connectivity index (χ1) is 8.74. The van der Waals surface area contributed by atoms with Crippen molar-refractivity contribution in [3.63, 3.8) is 0 Å².